The molecule has 3 rings (SSSR count). The lowest BCUT2D eigenvalue weighted by molar-refractivity contribution is 0.491. The number of hydrogen-bond donors (Lipinski definition) is 0. The first-order valence-electron chi connectivity index (χ1n) is 14.9. The summed E-state index contributed by atoms with van der Waals surface area (Å²) in [5, 5.41) is 0. The van der Waals surface area contributed by atoms with Gasteiger partial charge in [0.1, 0.15) is 0 Å². The molecule has 0 spiro atoms. The van der Waals surface area contributed by atoms with Crippen LogP contribution in [-0.2, 0) is 5.41 Å². The Hall–Kier alpha value is -1.43. The molecule has 0 aliphatic heterocycles. The van der Waals surface area contributed by atoms with E-state index in [-0.39, 0.29) is 5.41 Å². The molecule has 0 bridgehead atoms. The van der Waals surface area contributed by atoms with Gasteiger partial charge in [-0.2, -0.15) is 0 Å². The first kappa shape index (κ1) is 30.1. The molecule has 0 amide bonds. The highest BCUT2D eigenvalue weighted by atomic mass is 79.9. The van der Waals surface area contributed by atoms with Crippen LogP contribution in [-0.4, -0.2) is 6.16 Å². The standard InChI is InChI=1S/C35H48BrP/c36-37-31-23-12-10-8-6-4-2-1-3-5-7-9-11-22-30-35(32-24-16-13-17-25-32,33-26-18-14-19-27-33)34-28-20-15-21-29-34/h13-21,24-29,37H,1-12,22-23,30-31H2. The van der Waals surface area contributed by atoms with Gasteiger partial charge < -0.3 is 0 Å². The van der Waals surface area contributed by atoms with Crippen LogP contribution >= 0.6 is 22.8 Å². The summed E-state index contributed by atoms with van der Waals surface area (Å²) in [5.74, 6) is 0. The van der Waals surface area contributed by atoms with Crippen LogP contribution in [0, 0.1) is 0 Å². The van der Waals surface area contributed by atoms with Gasteiger partial charge in [0, 0.05) is 5.41 Å². The van der Waals surface area contributed by atoms with E-state index in [4.69, 9.17) is 0 Å². The molecule has 0 saturated heterocycles. The Morgan fingerprint density at radius 1 is 0.405 bits per heavy atom. The summed E-state index contributed by atoms with van der Waals surface area (Å²) >= 11 is 3.55. The minimum Gasteiger partial charge on any atom is -0.0642 e. The van der Waals surface area contributed by atoms with Gasteiger partial charge in [-0.25, -0.2) is 0 Å². The zero-order valence-electron chi connectivity index (χ0n) is 22.9. The molecule has 0 nitrogen and oxygen atoms in total. The fraction of sp³-hybridized carbons (Fsp3) is 0.486. The van der Waals surface area contributed by atoms with Crippen molar-refractivity contribution in [3.63, 3.8) is 0 Å². The SMILES string of the molecule is BrPCCCCCCCCCCCCCCCCC(c1ccccc1)(c1ccccc1)c1ccccc1. The van der Waals surface area contributed by atoms with Gasteiger partial charge in [0.15, 0.2) is 0 Å². The van der Waals surface area contributed by atoms with Crippen LogP contribution in [0.2, 0.25) is 0 Å². The maximum absolute atomic E-state index is 3.55. The predicted molar refractivity (Wildman–Crippen MR) is 171 cm³/mol. The van der Waals surface area contributed by atoms with Crippen molar-refractivity contribution in [2.45, 2.75) is 102 Å². The molecule has 0 saturated carbocycles. The maximum Gasteiger partial charge on any atom is 0.0451 e. The molecule has 0 N–H and O–H groups in total. The highest BCUT2D eigenvalue weighted by molar-refractivity contribution is 9.36. The average Bonchev–Trinajstić information content (AvgIpc) is 2.96. The van der Waals surface area contributed by atoms with E-state index in [0.717, 1.165) is 13.7 Å². The predicted octanol–water partition coefficient (Wildman–Crippen LogP) is 11.9. The second kappa shape index (κ2) is 18.8. The van der Waals surface area contributed by atoms with Crippen LogP contribution in [0.5, 0.6) is 0 Å². The molecular formula is C35H48BrP. The van der Waals surface area contributed by atoms with Crippen LogP contribution < -0.4 is 0 Å². The van der Waals surface area contributed by atoms with Gasteiger partial charge in [-0.15, -0.1) is 0 Å². The van der Waals surface area contributed by atoms with E-state index < -0.39 is 0 Å². The van der Waals surface area contributed by atoms with Crippen molar-refractivity contribution >= 4 is 22.8 Å². The molecule has 0 radical (unpaired) electrons. The molecule has 200 valence electrons. The molecular weight excluding hydrogens is 531 g/mol. The fourth-order valence-corrected chi connectivity index (χ4v) is 7.03. The van der Waals surface area contributed by atoms with E-state index in [1.54, 1.807) is 0 Å². The first-order chi connectivity index (χ1) is 18.4. The van der Waals surface area contributed by atoms with Gasteiger partial charge in [-0.3, -0.25) is 0 Å². The number of hydrogen-bond acceptors (Lipinski definition) is 0. The normalized spacial score (nSPS) is 11.9. The van der Waals surface area contributed by atoms with Crippen molar-refractivity contribution in [2.24, 2.45) is 0 Å². The quantitative estimate of drug-likeness (QED) is 0.0710. The zero-order valence-corrected chi connectivity index (χ0v) is 25.4. The van der Waals surface area contributed by atoms with E-state index in [1.165, 1.54) is 113 Å². The van der Waals surface area contributed by atoms with Gasteiger partial charge in [-0.05, 0) is 35.7 Å². The van der Waals surface area contributed by atoms with Crippen molar-refractivity contribution in [1.29, 1.82) is 0 Å². The van der Waals surface area contributed by atoms with Crippen LogP contribution in [0.15, 0.2) is 91.0 Å². The lowest BCUT2D eigenvalue weighted by atomic mass is 9.66. The van der Waals surface area contributed by atoms with E-state index >= 15 is 0 Å². The summed E-state index contributed by atoms with van der Waals surface area (Å²) in [5.41, 5.74) is 4.14. The topological polar surface area (TPSA) is 0 Å². The molecule has 0 aliphatic carbocycles. The molecule has 0 heterocycles. The molecule has 0 aromatic heterocycles. The smallest absolute Gasteiger partial charge is 0.0451 e. The maximum atomic E-state index is 3.55. The second-order valence-electron chi connectivity index (χ2n) is 10.6. The lowest BCUT2D eigenvalue weighted by Gasteiger charge is -2.36. The molecule has 0 aliphatic rings. The van der Waals surface area contributed by atoms with Crippen LogP contribution in [0.25, 0.3) is 0 Å². The molecule has 0 fully saturated rings. The highest BCUT2D eigenvalue weighted by Crippen LogP contribution is 2.43. The summed E-state index contributed by atoms with van der Waals surface area (Å²) in [7, 11) is 0.960. The summed E-state index contributed by atoms with van der Waals surface area (Å²) in [6, 6.07) is 33.5. The number of unbranched alkanes of at least 4 members (excludes halogenated alkanes) is 13. The Labute approximate surface area is 237 Å². The second-order valence-corrected chi connectivity index (χ2v) is 13.0. The third kappa shape index (κ3) is 10.3. The summed E-state index contributed by atoms with van der Waals surface area (Å²) in [6.07, 6.45) is 22.2. The van der Waals surface area contributed by atoms with E-state index in [0.29, 0.717) is 0 Å². The average molecular weight is 580 g/mol. The van der Waals surface area contributed by atoms with Crippen molar-refractivity contribution in [1.82, 2.24) is 0 Å². The summed E-state index contributed by atoms with van der Waals surface area (Å²) in [6.45, 7) is 0. The first-order valence-corrected chi connectivity index (χ1v) is 18.3. The van der Waals surface area contributed by atoms with Gasteiger partial charge in [0.2, 0.25) is 0 Å². The van der Waals surface area contributed by atoms with E-state index in [1.807, 2.05) is 0 Å². The van der Waals surface area contributed by atoms with Gasteiger partial charge in [0.05, 0.1) is 0 Å². The Morgan fingerprint density at radius 2 is 0.703 bits per heavy atom. The van der Waals surface area contributed by atoms with Crippen molar-refractivity contribution in [3.8, 4) is 0 Å². The Kier molecular flexibility index (Phi) is 15.3. The van der Waals surface area contributed by atoms with Gasteiger partial charge in [-0.1, -0.05) is 197 Å². The summed E-state index contributed by atoms with van der Waals surface area (Å²) in [4.78, 5) is 0. The Bertz CT molecular complexity index is 829. The zero-order chi connectivity index (χ0) is 25.9. The number of halogens is 1. The largest absolute Gasteiger partial charge is 0.0642 e. The third-order valence-corrected chi connectivity index (χ3v) is 9.60. The Balaban J connectivity index is 1.41. The minimum atomic E-state index is -0.0853. The van der Waals surface area contributed by atoms with Crippen LogP contribution in [0.4, 0.5) is 0 Å². The molecule has 1 unspecified atom stereocenters. The van der Waals surface area contributed by atoms with Gasteiger partial charge >= 0.3 is 0 Å². The Morgan fingerprint density at radius 3 is 1.03 bits per heavy atom. The summed E-state index contributed by atoms with van der Waals surface area (Å²) < 4.78 is 0. The molecule has 3 aromatic rings. The fourth-order valence-electron chi connectivity index (χ4n) is 5.80. The molecule has 1 atom stereocenters. The van der Waals surface area contributed by atoms with Crippen molar-refractivity contribution in [3.05, 3.63) is 108 Å². The number of rotatable bonds is 20. The van der Waals surface area contributed by atoms with Crippen molar-refractivity contribution < 1.29 is 0 Å². The van der Waals surface area contributed by atoms with E-state index in [9.17, 15) is 0 Å². The van der Waals surface area contributed by atoms with Crippen molar-refractivity contribution in [2.75, 3.05) is 6.16 Å². The lowest BCUT2D eigenvalue weighted by Crippen LogP contribution is -2.29. The van der Waals surface area contributed by atoms with E-state index in [2.05, 4.69) is 106 Å². The third-order valence-electron chi connectivity index (χ3n) is 7.87. The highest BCUT2D eigenvalue weighted by Gasteiger charge is 2.35. The monoisotopic (exact) mass is 578 g/mol. The van der Waals surface area contributed by atoms with Crippen LogP contribution in [0.1, 0.15) is 113 Å². The molecule has 3 aromatic carbocycles. The van der Waals surface area contributed by atoms with Crippen LogP contribution in [0.3, 0.4) is 0 Å². The molecule has 2 heteroatoms. The minimum absolute atomic E-state index is 0.0853. The van der Waals surface area contributed by atoms with Gasteiger partial charge in [0.25, 0.3) is 0 Å². The number of benzene rings is 3. The molecule has 37 heavy (non-hydrogen) atoms.